The molecule has 0 atom stereocenters. The van der Waals surface area contributed by atoms with E-state index in [0.717, 1.165) is 22.5 Å². The number of sulfonamides is 1. The number of non-ortho nitro benzene ring substituents is 1. The number of carbonyl (C=O) groups is 1. The molecule has 0 radical (unpaired) electrons. The quantitative estimate of drug-likeness (QED) is 0.513. The number of rotatable bonds is 6. The fourth-order valence-electron chi connectivity index (χ4n) is 3.41. The number of amides is 1. The van der Waals surface area contributed by atoms with E-state index < -0.39 is 37.5 Å². The molecule has 0 bridgehead atoms. The number of alkyl halides is 3. The number of piperidine rings is 1. The number of nitrogens with zero attached hydrogens (tertiary/aromatic N) is 2. The van der Waals surface area contributed by atoms with E-state index >= 15 is 0 Å². The van der Waals surface area contributed by atoms with Gasteiger partial charge in [0.25, 0.3) is 5.69 Å². The zero-order valence-electron chi connectivity index (χ0n) is 16.7. The van der Waals surface area contributed by atoms with Crippen molar-refractivity contribution < 1.29 is 31.3 Å². The highest BCUT2D eigenvalue weighted by Gasteiger charge is 2.35. The molecule has 2 aromatic carbocycles. The Labute approximate surface area is 182 Å². The minimum Gasteiger partial charge on any atom is -0.352 e. The minimum atomic E-state index is -4.65. The summed E-state index contributed by atoms with van der Waals surface area (Å²) in [5.41, 5.74) is -0.429. The summed E-state index contributed by atoms with van der Waals surface area (Å²) in [4.78, 5) is 22.1. The predicted molar refractivity (Wildman–Crippen MR) is 108 cm³/mol. The molecule has 0 aliphatic carbocycles. The second-order valence-electron chi connectivity index (χ2n) is 7.35. The van der Waals surface area contributed by atoms with E-state index in [1.807, 2.05) is 0 Å². The molecule has 0 saturated carbocycles. The van der Waals surface area contributed by atoms with Crippen molar-refractivity contribution in [2.24, 2.45) is 5.92 Å². The summed E-state index contributed by atoms with van der Waals surface area (Å²) in [5, 5.41) is 13.4. The number of benzene rings is 2. The largest absolute Gasteiger partial charge is 0.416 e. The van der Waals surface area contributed by atoms with Crippen LogP contribution in [-0.2, 0) is 27.5 Å². The van der Waals surface area contributed by atoms with Crippen molar-refractivity contribution in [2.75, 3.05) is 13.1 Å². The maximum atomic E-state index is 12.9. The second kappa shape index (κ2) is 9.25. The lowest BCUT2D eigenvalue weighted by Gasteiger charge is -2.30. The molecule has 1 aliphatic heterocycles. The van der Waals surface area contributed by atoms with Gasteiger partial charge in [-0.25, -0.2) is 8.42 Å². The Kier molecular flexibility index (Phi) is 6.84. The lowest BCUT2D eigenvalue weighted by molar-refractivity contribution is -0.384. The third-order valence-corrected chi connectivity index (χ3v) is 7.13. The van der Waals surface area contributed by atoms with Crippen LogP contribution >= 0.6 is 0 Å². The molecule has 1 aliphatic rings. The summed E-state index contributed by atoms with van der Waals surface area (Å²) in [6, 6.07) is 9.31. The van der Waals surface area contributed by atoms with Gasteiger partial charge in [-0.1, -0.05) is 18.2 Å². The van der Waals surface area contributed by atoms with E-state index in [4.69, 9.17) is 0 Å². The van der Waals surface area contributed by atoms with Gasteiger partial charge in [0.2, 0.25) is 15.9 Å². The maximum Gasteiger partial charge on any atom is 0.416 e. The number of hydrogen-bond donors (Lipinski definition) is 1. The number of nitro groups is 1. The van der Waals surface area contributed by atoms with Crippen LogP contribution in [-0.4, -0.2) is 36.6 Å². The minimum absolute atomic E-state index is 0.00813. The third kappa shape index (κ3) is 5.43. The zero-order chi connectivity index (χ0) is 23.5. The summed E-state index contributed by atoms with van der Waals surface area (Å²) >= 11 is 0. The molecular formula is C20H20F3N3O5S. The Morgan fingerprint density at radius 3 is 2.31 bits per heavy atom. The van der Waals surface area contributed by atoms with E-state index in [1.54, 1.807) is 0 Å². The number of halogens is 3. The number of carbonyl (C=O) groups excluding carboxylic acids is 1. The molecule has 1 amide bonds. The summed E-state index contributed by atoms with van der Waals surface area (Å²) in [7, 11) is -4.11. The molecule has 172 valence electrons. The van der Waals surface area contributed by atoms with Gasteiger partial charge in [-0.15, -0.1) is 0 Å². The van der Waals surface area contributed by atoms with Crippen molar-refractivity contribution in [3.63, 3.8) is 0 Å². The molecule has 12 heteroatoms. The topological polar surface area (TPSA) is 110 Å². The number of hydrogen-bond acceptors (Lipinski definition) is 5. The van der Waals surface area contributed by atoms with E-state index in [2.05, 4.69) is 5.32 Å². The molecule has 32 heavy (non-hydrogen) atoms. The van der Waals surface area contributed by atoms with Crippen molar-refractivity contribution in [1.29, 1.82) is 0 Å². The summed E-state index contributed by atoms with van der Waals surface area (Å²) in [6.45, 7) is 0.183. The smallest absolute Gasteiger partial charge is 0.352 e. The van der Waals surface area contributed by atoms with Crippen LogP contribution in [0.15, 0.2) is 53.4 Å². The van der Waals surface area contributed by atoms with Crippen molar-refractivity contribution >= 4 is 21.6 Å². The molecule has 3 rings (SSSR count). The van der Waals surface area contributed by atoms with Gasteiger partial charge >= 0.3 is 6.18 Å². The molecule has 1 N–H and O–H groups in total. The lowest BCUT2D eigenvalue weighted by atomic mass is 9.97. The molecular weight excluding hydrogens is 451 g/mol. The molecule has 0 unspecified atom stereocenters. The van der Waals surface area contributed by atoms with E-state index in [1.165, 1.54) is 24.3 Å². The van der Waals surface area contributed by atoms with Crippen molar-refractivity contribution in [1.82, 2.24) is 9.62 Å². The fourth-order valence-corrected chi connectivity index (χ4v) is 4.93. The number of nitro benzene ring substituents is 1. The van der Waals surface area contributed by atoms with Gasteiger partial charge in [-0.05, 0) is 36.6 Å². The first-order chi connectivity index (χ1) is 15.0. The monoisotopic (exact) mass is 471 g/mol. The van der Waals surface area contributed by atoms with Crippen molar-refractivity contribution in [3.05, 3.63) is 69.8 Å². The predicted octanol–water partition coefficient (Wildman–Crippen LogP) is 3.33. The summed E-state index contributed by atoms with van der Waals surface area (Å²) in [5.74, 6) is -0.722. The molecule has 0 spiro atoms. The van der Waals surface area contributed by atoms with Crippen LogP contribution < -0.4 is 5.32 Å². The Bertz CT molecular complexity index is 1100. The van der Waals surface area contributed by atoms with Gasteiger partial charge in [0, 0.05) is 37.7 Å². The van der Waals surface area contributed by atoms with Crippen LogP contribution in [0, 0.1) is 16.0 Å². The zero-order valence-corrected chi connectivity index (χ0v) is 17.5. The highest BCUT2D eigenvalue weighted by atomic mass is 32.2. The van der Waals surface area contributed by atoms with Crippen LogP contribution in [0.4, 0.5) is 18.9 Å². The molecule has 1 saturated heterocycles. The molecule has 2 aromatic rings. The Morgan fingerprint density at radius 1 is 1.12 bits per heavy atom. The van der Waals surface area contributed by atoms with E-state index in [0.29, 0.717) is 11.6 Å². The van der Waals surface area contributed by atoms with Gasteiger partial charge in [-0.2, -0.15) is 17.5 Å². The van der Waals surface area contributed by atoms with Crippen LogP contribution in [0.3, 0.4) is 0 Å². The van der Waals surface area contributed by atoms with Crippen LogP contribution in [0.25, 0.3) is 0 Å². The summed E-state index contributed by atoms with van der Waals surface area (Å²) in [6.07, 6.45) is -4.20. The SMILES string of the molecule is O=C(NCc1ccc([N+](=O)[O-])cc1)C1CCN(S(=O)(=O)c2cccc(C(F)(F)F)c2)CC1. The molecule has 1 heterocycles. The third-order valence-electron chi connectivity index (χ3n) is 5.24. The van der Waals surface area contributed by atoms with Gasteiger partial charge < -0.3 is 5.32 Å². The van der Waals surface area contributed by atoms with Gasteiger partial charge in [0.1, 0.15) is 0 Å². The van der Waals surface area contributed by atoms with E-state index in [-0.39, 0.29) is 44.1 Å². The second-order valence-corrected chi connectivity index (χ2v) is 9.28. The maximum absolute atomic E-state index is 12.9. The summed E-state index contributed by atoms with van der Waals surface area (Å²) < 4.78 is 65.3. The molecule has 8 nitrogen and oxygen atoms in total. The first-order valence-corrected chi connectivity index (χ1v) is 11.1. The average Bonchev–Trinajstić information content (AvgIpc) is 2.77. The first-order valence-electron chi connectivity index (χ1n) is 9.67. The van der Waals surface area contributed by atoms with Crippen LogP contribution in [0.2, 0.25) is 0 Å². The van der Waals surface area contributed by atoms with Crippen LogP contribution in [0.5, 0.6) is 0 Å². The Balaban J connectivity index is 1.57. The van der Waals surface area contributed by atoms with E-state index in [9.17, 15) is 36.5 Å². The Hall–Kier alpha value is -2.99. The first kappa shape index (κ1) is 23.7. The van der Waals surface area contributed by atoms with Crippen LogP contribution in [0.1, 0.15) is 24.0 Å². The average molecular weight is 471 g/mol. The van der Waals surface area contributed by atoms with Gasteiger partial charge in [0.15, 0.2) is 0 Å². The highest BCUT2D eigenvalue weighted by Crippen LogP contribution is 2.32. The number of nitrogens with one attached hydrogen (secondary N) is 1. The normalized spacial score (nSPS) is 16.0. The van der Waals surface area contributed by atoms with Crippen molar-refractivity contribution in [2.45, 2.75) is 30.5 Å². The molecule has 0 aromatic heterocycles. The van der Waals surface area contributed by atoms with Crippen molar-refractivity contribution in [3.8, 4) is 0 Å². The standard InChI is InChI=1S/C20H20F3N3O5S/c21-20(22,23)16-2-1-3-18(12-16)32(30,31)25-10-8-15(9-11-25)19(27)24-13-14-4-6-17(7-5-14)26(28)29/h1-7,12,15H,8-11,13H2,(H,24,27). The molecule has 1 fully saturated rings. The highest BCUT2D eigenvalue weighted by molar-refractivity contribution is 7.89. The fraction of sp³-hybridized carbons (Fsp3) is 0.350. The van der Waals surface area contributed by atoms with Gasteiger partial charge in [0.05, 0.1) is 15.4 Å². The Morgan fingerprint density at radius 2 is 1.75 bits per heavy atom. The van der Waals surface area contributed by atoms with Gasteiger partial charge in [-0.3, -0.25) is 14.9 Å². The lowest BCUT2D eigenvalue weighted by Crippen LogP contribution is -2.42.